The van der Waals surface area contributed by atoms with Gasteiger partial charge in [-0.25, -0.2) is 5.48 Å². The van der Waals surface area contributed by atoms with Crippen LogP contribution in [-0.2, 0) is 14.4 Å². The van der Waals surface area contributed by atoms with Gasteiger partial charge in [0, 0.05) is 7.11 Å². The summed E-state index contributed by atoms with van der Waals surface area (Å²) in [6, 6.07) is 0. The Morgan fingerprint density at radius 1 is 1.42 bits per heavy atom. The second-order valence-corrected chi connectivity index (χ2v) is 3.56. The Bertz CT molecular complexity index is 151. The minimum absolute atomic E-state index is 0.271. The summed E-state index contributed by atoms with van der Waals surface area (Å²) in [6.07, 6.45) is -0.479. The molecule has 0 aromatic heterocycles. The van der Waals surface area contributed by atoms with Crippen LogP contribution in [0, 0.1) is 0 Å². The highest BCUT2D eigenvalue weighted by Crippen LogP contribution is 2.03. The van der Waals surface area contributed by atoms with E-state index in [2.05, 4.69) is 5.48 Å². The zero-order chi connectivity index (χ0) is 9.78. The van der Waals surface area contributed by atoms with E-state index in [-0.39, 0.29) is 11.5 Å². The normalized spacial score (nSPS) is 14.1. The number of hydrogen-bond donors (Lipinski definition) is 1. The molecule has 0 bridgehead atoms. The van der Waals surface area contributed by atoms with Crippen molar-refractivity contribution in [2.24, 2.45) is 0 Å². The molecule has 1 amide bonds. The van der Waals surface area contributed by atoms with Gasteiger partial charge in [-0.15, -0.1) is 0 Å². The van der Waals surface area contributed by atoms with Gasteiger partial charge in [-0.3, -0.25) is 9.63 Å². The number of methoxy groups -OCH3 is 1. The summed E-state index contributed by atoms with van der Waals surface area (Å²) in [4.78, 5) is 16.1. The maximum atomic E-state index is 11.1. The molecule has 4 nitrogen and oxygen atoms in total. The van der Waals surface area contributed by atoms with Crippen molar-refractivity contribution in [3.8, 4) is 0 Å². The van der Waals surface area contributed by atoms with Crippen LogP contribution in [-0.4, -0.2) is 24.7 Å². The predicted octanol–water partition coefficient (Wildman–Crippen LogP) is 0.868. The zero-order valence-corrected chi connectivity index (χ0v) is 8.30. The fraction of sp³-hybridized carbons (Fsp3) is 0.875. The van der Waals surface area contributed by atoms with E-state index in [0.29, 0.717) is 0 Å². The molecular formula is C8H17NO3. The quantitative estimate of drug-likeness (QED) is 0.647. The maximum Gasteiger partial charge on any atom is 0.272 e. The highest BCUT2D eigenvalue weighted by molar-refractivity contribution is 5.79. The summed E-state index contributed by atoms with van der Waals surface area (Å²) in [5.74, 6) is -0.271. The lowest BCUT2D eigenvalue weighted by atomic mass is 10.2. The standard InChI is InChI=1S/C8H17NO3/c1-6(11-5)7(10)9-12-8(2,3)4/h6H,1-5H3,(H,9,10). The number of amides is 1. The molecular weight excluding hydrogens is 158 g/mol. The highest BCUT2D eigenvalue weighted by Gasteiger charge is 2.16. The average molecular weight is 175 g/mol. The molecule has 0 spiro atoms. The summed E-state index contributed by atoms with van der Waals surface area (Å²) in [6.45, 7) is 7.21. The molecule has 0 heterocycles. The van der Waals surface area contributed by atoms with Crippen LogP contribution >= 0.6 is 0 Å². The van der Waals surface area contributed by atoms with Gasteiger partial charge in [-0.05, 0) is 27.7 Å². The molecule has 12 heavy (non-hydrogen) atoms. The van der Waals surface area contributed by atoms with Crippen molar-refractivity contribution in [3.05, 3.63) is 0 Å². The summed E-state index contributed by atoms with van der Waals surface area (Å²) in [7, 11) is 1.47. The topological polar surface area (TPSA) is 47.6 Å². The molecule has 0 rings (SSSR count). The number of hydroxylamine groups is 1. The third-order valence-electron chi connectivity index (χ3n) is 1.18. The number of nitrogens with one attached hydrogen (secondary N) is 1. The van der Waals surface area contributed by atoms with Gasteiger partial charge in [0.05, 0.1) is 5.60 Å². The van der Waals surface area contributed by atoms with Gasteiger partial charge in [0.15, 0.2) is 0 Å². The lowest BCUT2D eigenvalue weighted by Gasteiger charge is -2.20. The minimum Gasteiger partial charge on any atom is -0.372 e. The molecule has 1 N–H and O–H groups in total. The molecule has 0 fully saturated rings. The van der Waals surface area contributed by atoms with E-state index in [1.54, 1.807) is 6.92 Å². The SMILES string of the molecule is COC(C)C(=O)NOC(C)(C)C. The number of rotatable bonds is 3. The molecule has 1 unspecified atom stereocenters. The van der Waals surface area contributed by atoms with Crippen LogP contribution in [0.15, 0.2) is 0 Å². The van der Waals surface area contributed by atoms with Crippen LogP contribution in [0.5, 0.6) is 0 Å². The average Bonchev–Trinajstić information content (AvgIpc) is 1.97. The second kappa shape index (κ2) is 4.42. The first kappa shape index (κ1) is 11.4. The predicted molar refractivity (Wildman–Crippen MR) is 45.5 cm³/mol. The molecule has 0 aromatic carbocycles. The number of ether oxygens (including phenoxy) is 1. The third-order valence-corrected chi connectivity index (χ3v) is 1.18. The van der Waals surface area contributed by atoms with Crippen molar-refractivity contribution in [2.75, 3.05) is 7.11 Å². The van der Waals surface area contributed by atoms with Gasteiger partial charge in [0.2, 0.25) is 0 Å². The highest BCUT2D eigenvalue weighted by atomic mass is 16.7. The van der Waals surface area contributed by atoms with E-state index in [9.17, 15) is 4.79 Å². The van der Waals surface area contributed by atoms with Gasteiger partial charge in [0.1, 0.15) is 6.10 Å². The number of carbonyl (C=O) groups excluding carboxylic acids is 1. The zero-order valence-electron chi connectivity index (χ0n) is 8.30. The molecule has 72 valence electrons. The van der Waals surface area contributed by atoms with Crippen molar-refractivity contribution in [3.63, 3.8) is 0 Å². The number of carbonyl (C=O) groups is 1. The molecule has 0 aliphatic rings. The second-order valence-electron chi connectivity index (χ2n) is 3.56. The minimum atomic E-state index is -0.479. The lowest BCUT2D eigenvalue weighted by Crippen LogP contribution is -2.39. The first-order valence-electron chi connectivity index (χ1n) is 3.87. The molecule has 0 saturated heterocycles. The Hall–Kier alpha value is -0.610. The fourth-order valence-electron chi connectivity index (χ4n) is 0.393. The van der Waals surface area contributed by atoms with Crippen LogP contribution in [0.4, 0.5) is 0 Å². The first-order chi connectivity index (χ1) is 5.37. The number of hydrogen-bond acceptors (Lipinski definition) is 3. The van der Waals surface area contributed by atoms with Gasteiger partial charge < -0.3 is 4.74 Å². The summed E-state index contributed by atoms with van der Waals surface area (Å²) in [5, 5.41) is 0. The van der Waals surface area contributed by atoms with Gasteiger partial charge in [-0.2, -0.15) is 0 Å². The van der Waals surface area contributed by atoms with E-state index in [1.165, 1.54) is 7.11 Å². The Morgan fingerprint density at radius 3 is 2.25 bits per heavy atom. The van der Waals surface area contributed by atoms with Gasteiger partial charge >= 0.3 is 0 Å². The molecule has 0 radical (unpaired) electrons. The Labute approximate surface area is 73.2 Å². The van der Waals surface area contributed by atoms with Crippen molar-refractivity contribution < 1.29 is 14.4 Å². The third kappa shape index (κ3) is 5.09. The van der Waals surface area contributed by atoms with E-state index in [1.807, 2.05) is 20.8 Å². The van der Waals surface area contributed by atoms with E-state index >= 15 is 0 Å². The summed E-state index contributed by atoms with van der Waals surface area (Å²) in [5.41, 5.74) is 1.94. The van der Waals surface area contributed by atoms with Crippen LogP contribution in [0.3, 0.4) is 0 Å². The van der Waals surface area contributed by atoms with Crippen LogP contribution in [0.25, 0.3) is 0 Å². The summed E-state index contributed by atoms with van der Waals surface area (Å²) < 4.78 is 4.79. The van der Waals surface area contributed by atoms with Crippen molar-refractivity contribution in [1.29, 1.82) is 0 Å². The van der Waals surface area contributed by atoms with Crippen LogP contribution in [0.2, 0.25) is 0 Å². The van der Waals surface area contributed by atoms with E-state index in [0.717, 1.165) is 0 Å². The van der Waals surface area contributed by atoms with Crippen molar-refractivity contribution in [2.45, 2.75) is 39.4 Å². The Balaban J connectivity index is 3.72. The molecule has 0 aromatic rings. The lowest BCUT2D eigenvalue weighted by molar-refractivity contribution is -0.154. The van der Waals surface area contributed by atoms with Crippen molar-refractivity contribution in [1.82, 2.24) is 5.48 Å². The summed E-state index contributed by atoms with van der Waals surface area (Å²) >= 11 is 0. The van der Waals surface area contributed by atoms with Crippen molar-refractivity contribution >= 4 is 5.91 Å². The molecule has 1 atom stereocenters. The monoisotopic (exact) mass is 175 g/mol. The molecule has 4 heteroatoms. The molecule has 0 aliphatic heterocycles. The van der Waals surface area contributed by atoms with Crippen LogP contribution < -0.4 is 5.48 Å². The van der Waals surface area contributed by atoms with Gasteiger partial charge in [0.25, 0.3) is 5.91 Å². The van der Waals surface area contributed by atoms with Gasteiger partial charge in [-0.1, -0.05) is 0 Å². The Kier molecular flexibility index (Phi) is 4.20. The van der Waals surface area contributed by atoms with Crippen LogP contribution in [0.1, 0.15) is 27.7 Å². The van der Waals surface area contributed by atoms with E-state index in [4.69, 9.17) is 9.57 Å². The largest absolute Gasteiger partial charge is 0.372 e. The first-order valence-corrected chi connectivity index (χ1v) is 3.87. The maximum absolute atomic E-state index is 11.1. The van der Waals surface area contributed by atoms with E-state index < -0.39 is 6.10 Å². The fourth-order valence-corrected chi connectivity index (χ4v) is 0.393. The molecule has 0 aliphatic carbocycles. The molecule has 0 saturated carbocycles. The Morgan fingerprint density at radius 2 is 1.92 bits per heavy atom. The smallest absolute Gasteiger partial charge is 0.272 e.